The number of para-hydroxylation sites is 4. The summed E-state index contributed by atoms with van der Waals surface area (Å²) in [7, 11) is 0. The summed E-state index contributed by atoms with van der Waals surface area (Å²) >= 11 is 0. The number of rotatable bonds is 4. The number of fused-ring (bicyclic) bond motifs is 6. The van der Waals surface area contributed by atoms with Gasteiger partial charge in [-0.2, -0.15) is 0 Å². The van der Waals surface area contributed by atoms with Crippen molar-refractivity contribution in [3.8, 4) is 45.2 Å². The number of aromatic amines is 1. The van der Waals surface area contributed by atoms with E-state index in [4.69, 9.17) is 9.97 Å². The van der Waals surface area contributed by atoms with E-state index < -0.39 is 0 Å². The molecule has 0 aliphatic carbocycles. The van der Waals surface area contributed by atoms with Crippen LogP contribution < -0.4 is 0 Å². The van der Waals surface area contributed by atoms with Crippen molar-refractivity contribution >= 4 is 54.5 Å². The molecule has 2 N–H and O–H groups in total. The molecule has 5 nitrogen and oxygen atoms in total. The van der Waals surface area contributed by atoms with Crippen LogP contribution in [0.3, 0.4) is 0 Å². The fourth-order valence-electron chi connectivity index (χ4n) is 7.35. The Balaban J connectivity index is 1.27. The highest BCUT2D eigenvalue weighted by atomic mass is 16.3. The summed E-state index contributed by atoms with van der Waals surface area (Å²) in [5, 5.41) is 16.7. The minimum Gasteiger partial charge on any atom is -0.506 e. The highest BCUT2D eigenvalue weighted by Crippen LogP contribution is 2.41. The largest absolute Gasteiger partial charge is 0.506 e. The summed E-state index contributed by atoms with van der Waals surface area (Å²) in [6.07, 6.45) is 0. The molecule has 0 spiro atoms. The van der Waals surface area contributed by atoms with Gasteiger partial charge < -0.3 is 10.1 Å². The predicted octanol–water partition coefficient (Wildman–Crippen LogP) is 11.1. The number of phenolic OH excluding ortho intramolecular Hbond substituents is 1. The molecule has 10 rings (SSSR count). The molecule has 0 bridgehead atoms. The Kier molecular flexibility index (Phi) is 5.96. The van der Waals surface area contributed by atoms with Crippen LogP contribution in [0.5, 0.6) is 5.75 Å². The van der Waals surface area contributed by atoms with Crippen LogP contribution in [0.25, 0.3) is 94.0 Å². The van der Waals surface area contributed by atoms with E-state index in [1.807, 2.05) is 36.4 Å². The Bertz CT molecular complexity index is 2890. The minimum absolute atomic E-state index is 0.150. The molecule has 0 saturated heterocycles. The number of benzene rings is 7. The predicted molar refractivity (Wildman–Crippen MR) is 201 cm³/mol. The Morgan fingerprint density at radius 1 is 0.510 bits per heavy atom. The summed E-state index contributed by atoms with van der Waals surface area (Å²) < 4.78 is 2.24. The van der Waals surface area contributed by atoms with E-state index in [2.05, 4.69) is 125 Å². The molecule has 0 unspecified atom stereocenters. The highest BCUT2D eigenvalue weighted by Gasteiger charge is 2.22. The zero-order valence-electron chi connectivity index (χ0n) is 26.3. The van der Waals surface area contributed by atoms with Crippen molar-refractivity contribution < 1.29 is 5.11 Å². The van der Waals surface area contributed by atoms with Gasteiger partial charge in [-0.05, 0) is 70.4 Å². The number of nitrogens with one attached hydrogen (secondary N) is 1. The van der Waals surface area contributed by atoms with Crippen molar-refractivity contribution in [2.75, 3.05) is 0 Å². The molecule has 230 valence electrons. The number of pyridine rings is 1. The number of phenols is 1. The average molecular weight is 629 g/mol. The summed E-state index contributed by atoms with van der Waals surface area (Å²) in [5.41, 5.74) is 10.2. The second-order valence-electron chi connectivity index (χ2n) is 12.5. The van der Waals surface area contributed by atoms with E-state index in [0.29, 0.717) is 5.52 Å². The SMILES string of the molecule is Oc1cccc2c(-c3ccccc3)cc(-c3cccc4c3nc(-c3cccc5c3[nH]c3cc6ccccc6cc35)n4-c3ccccc3)nc12. The number of imidazole rings is 1. The molecule has 0 saturated carbocycles. The van der Waals surface area contributed by atoms with Gasteiger partial charge in [-0.3, -0.25) is 4.57 Å². The van der Waals surface area contributed by atoms with Crippen LogP contribution in [0.15, 0.2) is 158 Å². The molecular weight excluding hydrogens is 601 g/mol. The van der Waals surface area contributed by atoms with Crippen LogP contribution >= 0.6 is 0 Å². The van der Waals surface area contributed by atoms with Crippen molar-refractivity contribution in [2.24, 2.45) is 0 Å². The van der Waals surface area contributed by atoms with Crippen molar-refractivity contribution in [1.82, 2.24) is 19.5 Å². The fraction of sp³-hybridized carbons (Fsp3) is 0. The van der Waals surface area contributed by atoms with Gasteiger partial charge in [-0.15, -0.1) is 0 Å². The number of aromatic nitrogens is 4. The van der Waals surface area contributed by atoms with Gasteiger partial charge in [0, 0.05) is 38.5 Å². The first-order valence-corrected chi connectivity index (χ1v) is 16.4. The molecule has 0 amide bonds. The van der Waals surface area contributed by atoms with Crippen molar-refractivity contribution in [3.05, 3.63) is 158 Å². The molecule has 5 heteroatoms. The third-order valence-corrected chi connectivity index (χ3v) is 9.62. The van der Waals surface area contributed by atoms with Gasteiger partial charge in [-0.1, -0.05) is 109 Å². The van der Waals surface area contributed by atoms with Crippen LogP contribution in [0.2, 0.25) is 0 Å². The quantitative estimate of drug-likeness (QED) is 0.204. The average Bonchev–Trinajstić information content (AvgIpc) is 3.73. The molecule has 49 heavy (non-hydrogen) atoms. The van der Waals surface area contributed by atoms with E-state index in [1.165, 1.54) is 16.2 Å². The van der Waals surface area contributed by atoms with Crippen molar-refractivity contribution in [3.63, 3.8) is 0 Å². The van der Waals surface area contributed by atoms with E-state index in [-0.39, 0.29) is 5.75 Å². The topological polar surface area (TPSA) is 66.7 Å². The number of hydrogen-bond acceptors (Lipinski definition) is 3. The Hall–Kier alpha value is -6.72. The maximum atomic E-state index is 11.0. The molecule has 3 heterocycles. The number of H-pyrrole nitrogens is 1. The van der Waals surface area contributed by atoms with Crippen LogP contribution in [0.1, 0.15) is 0 Å². The molecular formula is C44H28N4O. The Morgan fingerprint density at radius 2 is 1.20 bits per heavy atom. The monoisotopic (exact) mass is 628 g/mol. The van der Waals surface area contributed by atoms with E-state index in [9.17, 15) is 5.11 Å². The van der Waals surface area contributed by atoms with Crippen molar-refractivity contribution in [2.45, 2.75) is 0 Å². The van der Waals surface area contributed by atoms with Crippen LogP contribution in [-0.2, 0) is 0 Å². The summed E-state index contributed by atoms with van der Waals surface area (Å²) in [4.78, 5) is 14.3. The highest BCUT2D eigenvalue weighted by molar-refractivity contribution is 6.15. The van der Waals surface area contributed by atoms with Gasteiger partial charge in [0.2, 0.25) is 0 Å². The number of aromatic hydroxyl groups is 1. The first kappa shape index (κ1) is 27.4. The van der Waals surface area contributed by atoms with E-state index in [0.717, 1.165) is 72.3 Å². The summed E-state index contributed by atoms with van der Waals surface area (Å²) in [6.45, 7) is 0. The third kappa shape index (κ3) is 4.26. The van der Waals surface area contributed by atoms with E-state index >= 15 is 0 Å². The zero-order chi connectivity index (χ0) is 32.5. The zero-order valence-corrected chi connectivity index (χ0v) is 26.3. The maximum absolute atomic E-state index is 11.0. The first-order valence-electron chi connectivity index (χ1n) is 16.4. The molecule has 7 aromatic carbocycles. The Labute approximate surface area is 281 Å². The lowest BCUT2D eigenvalue weighted by atomic mass is 9.97. The molecule has 0 radical (unpaired) electrons. The van der Waals surface area contributed by atoms with Gasteiger partial charge in [0.15, 0.2) is 0 Å². The van der Waals surface area contributed by atoms with Crippen LogP contribution in [0, 0.1) is 0 Å². The lowest BCUT2D eigenvalue weighted by molar-refractivity contribution is 0.480. The first-order chi connectivity index (χ1) is 24.2. The second kappa shape index (κ2) is 10.7. The minimum atomic E-state index is 0.150. The maximum Gasteiger partial charge on any atom is 0.147 e. The normalized spacial score (nSPS) is 11.8. The second-order valence-corrected chi connectivity index (χ2v) is 12.5. The molecule has 3 aromatic heterocycles. The van der Waals surface area contributed by atoms with Gasteiger partial charge in [-0.25, -0.2) is 9.97 Å². The Morgan fingerprint density at radius 3 is 2.04 bits per heavy atom. The lowest BCUT2D eigenvalue weighted by Gasteiger charge is -2.12. The van der Waals surface area contributed by atoms with Crippen LogP contribution in [-0.4, -0.2) is 24.6 Å². The van der Waals surface area contributed by atoms with Gasteiger partial charge in [0.25, 0.3) is 0 Å². The van der Waals surface area contributed by atoms with Gasteiger partial charge in [0.1, 0.15) is 17.1 Å². The molecule has 0 fully saturated rings. The smallest absolute Gasteiger partial charge is 0.147 e. The van der Waals surface area contributed by atoms with Gasteiger partial charge in [0.05, 0.1) is 22.2 Å². The van der Waals surface area contributed by atoms with Crippen molar-refractivity contribution in [1.29, 1.82) is 0 Å². The molecule has 0 aliphatic rings. The fourth-order valence-corrected chi connectivity index (χ4v) is 7.35. The number of hydrogen-bond donors (Lipinski definition) is 2. The van der Waals surface area contributed by atoms with Gasteiger partial charge >= 0.3 is 0 Å². The molecule has 0 aliphatic heterocycles. The standard InChI is InChI=1S/C44H28N4O/c49-40-23-11-19-31-35(27-12-3-1-4-13-27)26-38(46-43(31)40)33-20-10-22-39-42(33)47-44(48(39)30-16-5-2-6-17-30)34-21-9-18-32-36-24-28-14-7-8-15-29(28)25-37(36)45-41(32)34/h1-26,45,49H. The number of nitrogens with zero attached hydrogens (tertiary/aromatic N) is 3. The molecule has 0 atom stereocenters. The third-order valence-electron chi connectivity index (χ3n) is 9.62. The summed E-state index contributed by atoms with van der Waals surface area (Å²) in [5.74, 6) is 0.986. The lowest BCUT2D eigenvalue weighted by Crippen LogP contribution is -1.97. The van der Waals surface area contributed by atoms with Crippen LogP contribution in [0.4, 0.5) is 0 Å². The summed E-state index contributed by atoms with van der Waals surface area (Å²) in [6, 6.07) is 54.1. The molecule has 10 aromatic rings. The van der Waals surface area contributed by atoms with E-state index in [1.54, 1.807) is 6.07 Å².